The van der Waals surface area contributed by atoms with Gasteiger partial charge >= 0.3 is 0 Å². The number of carbonyl (C=O) groups excluding carboxylic acids is 1. The third-order valence-electron chi connectivity index (χ3n) is 3.77. The van der Waals surface area contributed by atoms with Crippen LogP contribution in [0, 0.1) is 3.95 Å². The fourth-order valence-corrected chi connectivity index (χ4v) is 3.37. The fraction of sp³-hybridized carbons (Fsp3) is 0.438. The van der Waals surface area contributed by atoms with E-state index in [1.165, 1.54) is 11.3 Å². The molecule has 0 aliphatic heterocycles. The van der Waals surface area contributed by atoms with Gasteiger partial charge < -0.3 is 20.3 Å². The monoisotopic (exact) mass is 380 g/mol. The zero-order valence-corrected chi connectivity index (χ0v) is 15.9. The van der Waals surface area contributed by atoms with Gasteiger partial charge in [0, 0.05) is 11.7 Å². The number of nitrogens with zero attached hydrogens (tertiary/aromatic N) is 2. The average molecular weight is 381 g/mol. The van der Waals surface area contributed by atoms with Crippen LogP contribution in [0.3, 0.4) is 0 Å². The molecular formula is C16H22N5O2S2+. The molecule has 1 amide bonds. The van der Waals surface area contributed by atoms with Crippen LogP contribution in [-0.2, 0) is 11.5 Å². The van der Waals surface area contributed by atoms with Crippen LogP contribution in [0.1, 0.15) is 12.8 Å². The number of amides is 1. The molecular weight excluding hydrogens is 358 g/mol. The Morgan fingerprint density at radius 3 is 2.80 bits per heavy atom. The number of aromatic nitrogens is 2. The second-order valence-corrected chi connectivity index (χ2v) is 7.78. The number of likely N-dealkylation sites (N-methyl/N-ethyl adjacent to an activating group) is 1. The van der Waals surface area contributed by atoms with Gasteiger partial charge in [0.1, 0.15) is 5.75 Å². The molecule has 1 saturated carbocycles. The quantitative estimate of drug-likeness (QED) is 0.600. The van der Waals surface area contributed by atoms with E-state index in [4.69, 9.17) is 17.0 Å². The lowest BCUT2D eigenvalue weighted by Crippen LogP contribution is -3.09. The zero-order chi connectivity index (χ0) is 17.8. The zero-order valence-electron chi connectivity index (χ0n) is 14.2. The number of quaternary nitrogens is 1. The van der Waals surface area contributed by atoms with E-state index in [0.717, 1.165) is 34.3 Å². The van der Waals surface area contributed by atoms with Gasteiger partial charge in [0.05, 0.1) is 14.2 Å². The van der Waals surface area contributed by atoms with E-state index in [-0.39, 0.29) is 5.91 Å². The number of nitrogens with one attached hydrogen (secondary N) is 3. The lowest BCUT2D eigenvalue weighted by atomic mass is 10.3. The second kappa shape index (κ2) is 7.94. The number of hydrogen-bond acceptors (Lipinski definition) is 6. The topological polar surface area (TPSA) is 72.6 Å². The van der Waals surface area contributed by atoms with Gasteiger partial charge in [-0.05, 0) is 49.3 Å². The third-order valence-corrected chi connectivity index (χ3v) is 5.00. The summed E-state index contributed by atoms with van der Waals surface area (Å²) in [6, 6.07) is 8.01. The molecule has 2 aromatic rings. The number of benzene rings is 1. The molecule has 25 heavy (non-hydrogen) atoms. The summed E-state index contributed by atoms with van der Waals surface area (Å²) in [5, 5.41) is 11.5. The van der Waals surface area contributed by atoms with E-state index in [2.05, 4.69) is 15.7 Å². The van der Waals surface area contributed by atoms with Gasteiger partial charge in [-0.15, -0.1) is 5.10 Å². The maximum absolute atomic E-state index is 11.9. The molecule has 1 aromatic carbocycles. The summed E-state index contributed by atoms with van der Waals surface area (Å²) in [7, 11) is 3.60. The van der Waals surface area contributed by atoms with Crippen molar-refractivity contribution < 1.29 is 14.4 Å². The maximum Gasteiger partial charge on any atom is 0.275 e. The fourth-order valence-electron chi connectivity index (χ4n) is 2.35. The van der Waals surface area contributed by atoms with Crippen LogP contribution in [0.2, 0.25) is 0 Å². The van der Waals surface area contributed by atoms with Gasteiger partial charge in [-0.25, -0.2) is 0 Å². The van der Waals surface area contributed by atoms with Gasteiger partial charge in [-0.1, -0.05) is 11.3 Å². The second-order valence-electron chi connectivity index (χ2n) is 6.16. The molecule has 1 atom stereocenters. The predicted molar refractivity (Wildman–Crippen MR) is 100 cm³/mol. The highest BCUT2D eigenvalue weighted by Crippen LogP contribution is 2.22. The summed E-state index contributed by atoms with van der Waals surface area (Å²) < 4.78 is 7.58. The van der Waals surface area contributed by atoms with Gasteiger partial charge in [0.15, 0.2) is 17.2 Å². The molecule has 1 aliphatic carbocycles. The molecule has 1 aromatic heterocycles. The molecule has 1 aliphatic rings. The standard InChI is InChI=1S/C16H21N5O2S2/c1-20(9-14(22)17-11-3-4-11)10-21-16(24)25-15(19-21)18-12-5-7-13(23-2)8-6-12/h5-8,11H,3-4,9-10H2,1-2H3,(H,17,22)(H,18,19)/p+1. The number of ether oxygens (including phenoxy) is 1. The number of hydrogen-bond donors (Lipinski definition) is 3. The number of anilines is 2. The summed E-state index contributed by atoms with van der Waals surface area (Å²) in [6.45, 7) is 0.967. The van der Waals surface area contributed by atoms with Crippen LogP contribution >= 0.6 is 23.6 Å². The van der Waals surface area contributed by atoms with Crippen molar-refractivity contribution in [3.63, 3.8) is 0 Å². The van der Waals surface area contributed by atoms with Crippen molar-refractivity contribution in [2.24, 2.45) is 0 Å². The Hall–Kier alpha value is -1.97. The van der Waals surface area contributed by atoms with Crippen molar-refractivity contribution >= 4 is 40.3 Å². The predicted octanol–water partition coefficient (Wildman–Crippen LogP) is 1.18. The van der Waals surface area contributed by atoms with Crippen LogP contribution in [0.25, 0.3) is 0 Å². The maximum atomic E-state index is 11.9. The van der Waals surface area contributed by atoms with E-state index < -0.39 is 0 Å². The first-order valence-electron chi connectivity index (χ1n) is 8.13. The van der Waals surface area contributed by atoms with Crippen LogP contribution in [-0.4, -0.2) is 42.4 Å². The van der Waals surface area contributed by atoms with Crippen molar-refractivity contribution in [1.82, 2.24) is 15.1 Å². The molecule has 0 bridgehead atoms. The summed E-state index contributed by atoms with van der Waals surface area (Å²) in [4.78, 5) is 12.9. The smallest absolute Gasteiger partial charge is 0.275 e. The molecule has 3 rings (SSSR count). The molecule has 0 spiro atoms. The summed E-state index contributed by atoms with van der Waals surface area (Å²) >= 11 is 6.80. The first kappa shape index (κ1) is 17.8. The Labute approximate surface area is 155 Å². The van der Waals surface area contributed by atoms with Crippen LogP contribution in [0.15, 0.2) is 24.3 Å². The molecule has 0 saturated heterocycles. The molecule has 1 heterocycles. The van der Waals surface area contributed by atoms with E-state index >= 15 is 0 Å². The summed E-state index contributed by atoms with van der Waals surface area (Å²) in [6.07, 6.45) is 2.20. The van der Waals surface area contributed by atoms with Crippen LogP contribution < -0.4 is 20.3 Å². The highest BCUT2D eigenvalue weighted by atomic mass is 32.1. The van der Waals surface area contributed by atoms with E-state index in [1.807, 2.05) is 31.3 Å². The van der Waals surface area contributed by atoms with Gasteiger partial charge in [-0.3, -0.25) is 4.79 Å². The summed E-state index contributed by atoms with van der Waals surface area (Å²) in [5.74, 6) is 0.886. The Morgan fingerprint density at radius 1 is 1.44 bits per heavy atom. The highest BCUT2D eigenvalue weighted by Gasteiger charge is 2.24. The van der Waals surface area contributed by atoms with Crippen molar-refractivity contribution in [1.29, 1.82) is 0 Å². The molecule has 7 nitrogen and oxygen atoms in total. The third kappa shape index (κ3) is 5.25. The highest BCUT2D eigenvalue weighted by molar-refractivity contribution is 7.73. The largest absolute Gasteiger partial charge is 0.497 e. The first-order valence-corrected chi connectivity index (χ1v) is 9.35. The average Bonchev–Trinajstić information content (AvgIpc) is 3.31. The van der Waals surface area contributed by atoms with E-state index in [9.17, 15) is 4.79 Å². The Morgan fingerprint density at radius 2 is 2.16 bits per heavy atom. The van der Waals surface area contributed by atoms with Crippen LogP contribution in [0.4, 0.5) is 10.8 Å². The first-order chi connectivity index (χ1) is 12.0. The lowest BCUT2D eigenvalue weighted by molar-refractivity contribution is -0.895. The number of methoxy groups -OCH3 is 1. The SMILES string of the molecule is COc1ccc(Nc2nn(C[NH+](C)CC(=O)NC3CC3)c(=S)s2)cc1. The normalized spacial score (nSPS) is 14.8. The number of rotatable bonds is 8. The van der Waals surface area contributed by atoms with Crippen molar-refractivity contribution in [2.75, 3.05) is 26.0 Å². The molecule has 0 radical (unpaired) electrons. The Balaban J connectivity index is 1.57. The van der Waals surface area contributed by atoms with E-state index in [0.29, 0.717) is 23.2 Å². The molecule has 134 valence electrons. The number of carbonyl (C=O) groups is 1. The van der Waals surface area contributed by atoms with Crippen molar-refractivity contribution in [2.45, 2.75) is 25.6 Å². The van der Waals surface area contributed by atoms with Crippen molar-refractivity contribution in [3.8, 4) is 5.75 Å². The lowest BCUT2D eigenvalue weighted by Gasteiger charge is -2.13. The minimum atomic E-state index is 0.0818. The molecule has 3 N–H and O–H groups in total. The van der Waals surface area contributed by atoms with Gasteiger partial charge in [0.25, 0.3) is 5.91 Å². The Kier molecular flexibility index (Phi) is 5.67. The molecule has 9 heteroatoms. The Bertz CT molecular complexity index is 783. The van der Waals surface area contributed by atoms with Gasteiger partial charge in [0.2, 0.25) is 5.13 Å². The summed E-state index contributed by atoms with van der Waals surface area (Å²) in [5.41, 5.74) is 0.918. The van der Waals surface area contributed by atoms with Crippen molar-refractivity contribution in [3.05, 3.63) is 28.2 Å². The minimum absolute atomic E-state index is 0.0818. The molecule has 1 unspecified atom stereocenters. The van der Waals surface area contributed by atoms with Crippen LogP contribution in [0.5, 0.6) is 5.75 Å². The van der Waals surface area contributed by atoms with E-state index in [1.54, 1.807) is 11.8 Å². The minimum Gasteiger partial charge on any atom is -0.497 e. The molecule has 1 fully saturated rings. The van der Waals surface area contributed by atoms with Gasteiger partial charge in [-0.2, -0.15) is 4.68 Å².